The fraction of sp³-hybridized carbons (Fsp3) is 0.429. The van der Waals surface area contributed by atoms with Gasteiger partial charge in [0.25, 0.3) is 23.5 Å². The molecule has 4 amide bonds. The highest BCUT2D eigenvalue weighted by Crippen LogP contribution is 2.54. The number of likely N-dealkylation sites (tertiary alicyclic amines) is 2. The van der Waals surface area contributed by atoms with Crippen molar-refractivity contribution in [1.29, 1.82) is 0 Å². The lowest BCUT2D eigenvalue weighted by Crippen LogP contribution is -2.39. The molecular weight excluding hydrogens is 1620 g/mol. The highest BCUT2D eigenvalue weighted by atomic mass is 35.5. The maximum Gasteiger partial charge on any atom is 0.334 e. The first kappa shape index (κ1) is 84.6. The second kappa shape index (κ2) is 34.8. The number of hydrogen-bond acceptors (Lipinski definition) is 27. The molecule has 11 aromatic rings. The van der Waals surface area contributed by atoms with Gasteiger partial charge in [0, 0.05) is 130 Å². The number of rotatable bonds is 25. The summed E-state index contributed by atoms with van der Waals surface area (Å²) in [5.74, 6) is 9.21. The molecule has 125 heavy (non-hydrogen) atoms. The van der Waals surface area contributed by atoms with Crippen LogP contribution in [0.4, 0.5) is 51.8 Å². The molecule has 8 unspecified atom stereocenters. The Morgan fingerprint density at radius 2 is 1.02 bits per heavy atom. The quantitative estimate of drug-likeness (QED) is 0.0309. The standard InChI is InChI=1S/C24H29N7O3.C21H24ClN7O2.C20H26N8O2.C19H25N9O2/c1-4-21(32)29-9-15-16(10-29)17(15)11-30-13-18(26-19-12-28(2)27-23(19)34-3)22-25-8-20(14-6-5-7-14)31(22)24(30)33;1-5-19(30)28-8-14-13(15(14)9-28)7-27-11-16(20-23-6-18(22)29(20)12(27)2)24-17-10-26(3)25-21(17)31-4;1-6-17(29)22-14-10-27(8-12(14)2)16-11-28-13(3)7-21-19(28)18(24-16)23-15-9-26(4)25-20(15)30-5;1-6-15(29)21-13-10-27(8-11(13)2)19-23-16(17-20-7-12(3)28(17)25-19)22-14-9-26(4)24-18(14)30-5/h4,8,12-17,26H,1,5-7,9-11H2,2-3H3;5-6,10-11,13-15,24H,1-2,7-9H2,3-4H3;6-7,9,11-12,14H,1,8,10H2,2-5H3,(H,22,29)(H,23,24);6-7,9,11,13H,1,8,10H2,2-5H3,(H,21,29)(H,22,23,25). The third-order valence-corrected chi connectivity index (χ3v) is 24.9. The van der Waals surface area contributed by atoms with Crippen molar-refractivity contribution in [2.45, 2.75) is 71.5 Å². The molecule has 0 spiro atoms. The summed E-state index contributed by atoms with van der Waals surface area (Å²) in [5.41, 5.74) is 9.11. The van der Waals surface area contributed by atoms with Crippen LogP contribution in [-0.4, -0.2) is 234 Å². The minimum atomic E-state index is -0.179. The average Bonchev–Trinajstić information content (AvgIpc) is 1.58. The number of aromatic nitrogens is 20. The summed E-state index contributed by atoms with van der Waals surface area (Å²) in [7, 11) is 13.6. The monoisotopic (exact) mass is 1730 g/mol. The van der Waals surface area contributed by atoms with Crippen LogP contribution in [0.15, 0.2) is 130 Å². The van der Waals surface area contributed by atoms with Gasteiger partial charge in [-0.2, -0.15) is 4.98 Å². The van der Waals surface area contributed by atoms with Gasteiger partial charge in [-0.3, -0.25) is 51.4 Å². The molecule has 0 aromatic carbocycles. The number of nitrogens with one attached hydrogen (secondary N) is 6. The van der Waals surface area contributed by atoms with E-state index in [1.807, 2.05) is 121 Å². The number of hydrogen-bond donors (Lipinski definition) is 6. The van der Waals surface area contributed by atoms with E-state index in [0.717, 1.165) is 104 Å². The van der Waals surface area contributed by atoms with Crippen molar-refractivity contribution in [1.82, 2.24) is 122 Å². The lowest BCUT2D eigenvalue weighted by Gasteiger charge is -2.31. The number of aryl methyl sites for hydroxylation is 6. The van der Waals surface area contributed by atoms with Gasteiger partial charge in [-0.1, -0.05) is 64.8 Å². The van der Waals surface area contributed by atoms with Crippen LogP contribution in [0, 0.1) is 61.2 Å². The van der Waals surface area contributed by atoms with Gasteiger partial charge in [0.15, 0.2) is 34.4 Å². The molecule has 41 heteroatoms. The number of nitrogens with zero attached hydrogens (tertiary/aromatic N) is 25. The molecule has 3 aliphatic carbocycles. The molecule has 8 atom stereocenters. The van der Waals surface area contributed by atoms with Crippen LogP contribution in [0.2, 0.25) is 5.15 Å². The number of imidazole rings is 4. The number of halogens is 1. The van der Waals surface area contributed by atoms with Crippen molar-refractivity contribution in [3.63, 3.8) is 0 Å². The van der Waals surface area contributed by atoms with Crippen molar-refractivity contribution >= 4 is 116 Å². The van der Waals surface area contributed by atoms with Crippen LogP contribution < -0.4 is 66.3 Å². The largest absolute Gasteiger partial charge is 0.478 e. The molecule has 6 N–H and O–H groups in total. The van der Waals surface area contributed by atoms with E-state index < -0.39 is 0 Å². The van der Waals surface area contributed by atoms with Crippen molar-refractivity contribution in [2.24, 2.45) is 75.5 Å². The Balaban J connectivity index is 0.000000123. The Labute approximate surface area is 724 Å². The number of ether oxygens (including phenoxy) is 4. The van der Waals surface area contributed by atoms with Crippen molar-refractivity contribution in [2.75, 3.05) is 118 Å². The fourth-order valence-electron chi connectivity index (χ4n) is 17.7. The van der Waals surface area contributed by atoms with Crippen molar-refractivity contribution in [3.8, 4) is 23.5 Å². The normalized spacial score (nSPS) is 21.3. The first-order valence-corrected chi connectivity index (χ1v) is 41.7. The lowest BCUT2D eigenvalue weighted by molar-refractivity contribution is -0.126. The Morgan fingerprint density at radius 3 is 1.54 bits per heavy atom. The number of carbonyl (C=O) groups is 4. The van der Waals surface area contributed by atoms with Crippen molar-refractivity contribution in [3.05, 3.63) is 164 Å². The molecule has 4 saturated heterocycles. The fourth-order valence-corrected chi connectivity index (χ4v) is 18.0. The summed E-state index contributed by atoms with van der Waals surface area (Å²) in [5, 5.41) is 41.7. The summed E-state index contributed by atoms with van der Waals surface area (Å²) in [4.78, 5) is 98.7. The van der Waals surface area contributed by atoms with Crippen LogP contribution in [0.5, 0.6) is 23.5 Å². The Kier molecular flexibility index (Phi) is 23.5. The summed E-state index contributed by atoms with van der Waals surface area (Å²) in [6.45, 7) is 33.9. The van der Waals surface area contributed by atoms with Gasteiger partial charge in [-0.25, -0.2) is 38.6 Å². The van der Waals surface area contributed by atoms with Gasteiger partial charge >= 0.3 is 5.69 Å². The molecule has 11 aromatic heterocycles. The maximum atomic E-state index is 13.6. The molecule has 8 aliphatic rings. The summed E-state index contributed by atoms with van der Waals surface area (Å²) in [6, 6.07) is 0.0280. The molecular formula is C84H104ClN31O9. The predicted octanol–water partition coefficient (Wildman–Crippen LogP) is 7.16. The summed E-state index contributed by atoms with van der Waals surface area (Å²) in [6.07, 6.45) is 28.9. The highest BCUT2D eigenvalue weighted by Gasteiger charge is 2.58. The minimum absolute atomic E-state index is 0.00601. The molecule has 40 nitrogen and oxygen atoms in total. The Morgan fingerprint density at radius 1 is 0.536 bits per heavy atom. The van der Waals surface area contributed by atoms with E-state index in [9.17, 15) is 24.0 Å². The van der Waals surface area contributed by atoms with Gasteiger partial charge in [-0.05, 0) is 98.3 Å². The van der Waals surface area contributed by atoms with Crippen LogP contribution in [-0.2, 0) is 53.9 Å². The van der Waals surface area contributed by atoms with E-state index >= 15 is 0 Å². The second-order valence-corrected chi connectivity index (χ2v) is 33.3. The van der Waals surface area contributed by atoms with Gasteiger partial charge in [-0.15, -0.1) is 25.5 Å². The van der Waals surface area contributed by atoms with E-state index in [0.29, 0.717) is 147 Å². The topological polar surface area (TPSA) is 395 Å². The van der Waals surface area contributed by atoms with E-state index in [-0.39, 0.29) is 53.2 Å². The molecule has 656 valence electrons. The summed E-state index contributed by atoms with van der Waals surface area (Å²) >= 11 is 6.43. The smallest absolute Gasteiger partial charge is 0.334 e. The molecule has 0 radical (unpaired) electrons. The number of piperidine rings is 2. The van der Waals surface area contributed by atoms with E-state index in [4.69, 9.17) is 40.5 Å². The van der Waals surface area contributed by atoms with Crippen LogP contribution in [0.1, 0.15) is 61.9 Å². The third-order valence-electron chi connectivity index (χ3n) is 24.7. The molecule has 0 bridgehead atoms. The van der Waals surface area contributed by atoms with Gasteiger partial charge in [0.05, 0.1) is 107 Å². The average molecular weight is 1730 g/mol. The number of fused-ring (bicyclic) bond motifs is 6. The second-order valence-electron chi connectivity index (χ2n) is 32.9. The number of anilines is 9. The third kappa shape index (κ3) is 16.9. The van der Waals surface area contributed by atoms with E-state index in [2.05, 4.69) is 139 Å². The minimum Gasteiger partial charge on any atom is -0.478 e. The van der Waals surface area contributed by atoms with Crippen LogP contribution >= 0.6 is 11.6 Å². The summed E-state index contributed by atoms with van der Waals surface area (Å²) < 4.78 is 37.4. The first-order chi connectivity index (χ1) is 60.2. The van der Waals surface area contributed by atoms with Crippen molar-refractivity contribution < 1.29 is 38.1 Å². The number of carbonyl (C=O) groups excluding carboxylic acids is 4. The van der Waals surface area contributed by atoms with E-state index in [1.54, 1.807) is 68.5 Å². The number of amides is 4. The van der Waals surface area contributed by atoms with Crippen LogP contribution in [0.3, 0.4) is 0 Å². The molecule has 16 heterocycles. The Bertz CT molecular complexity index is 5930. The highest BCUT2D eigenvalue weighted by molar-refractivity contribution is 6.30. The molecule has 7 fully saturated rings. The van der Waals surface area contributed by atoms with E-state index in [1.165, 1.54) is 30.7 Å². The number of methoxy groups -OCH3 is 4. The molecule has 5 aliphatic heterocycles. The molecule has 3 saturated carbocycles. The van der Waals surface area contributed by atoms with Gasteiger partial charge in [0.1, 0.15) is 39.5 Å². The van der Waals surface area contributed by atoms with Gasteiger partial charge in [0.2, 0.25) is 29.6 Å². The zero-order chi connectivity index (χ0) is 88.2. The Hall–Kier alpha value is -14.0. The SMILES string of the molecule is C=CC(=O)N1CC2C(C1)C2Cn1cc(Nc2cn(C)nc2OC)c2ncc(C3CCC3)n2c1=O.C=CC(=O)N1CC2C(CN3C=C(Nc4cn(C)nc4OC)c4ncc(Cl)n4C3=C)C2C1.C=CC(=O)NC1CN(c2cn3c(C)cnc3c(Nc3cn(C)nc3OC)n2)CC1C.C=CC(=O)NC1CN(c2nc(Nc3cn(C)nc3OC)c3ncc(C)n3n2)CC1C. The molecule has 19 rings (SSSR count). The zero-order valence-electron chi connectivity index (χ0n) is 72.0. The lowest BCUT2D eigenvalue weighted by atomic mass is 9.83. The predicted molar refractivity (Wildman–Crippen MR) is 471 cm³/mol. The maximum absolute atomic E-state index is 13.6. The zero-order valence-corrected chi connectivity index (χ0v) is 72.7. The van der Waals surface area contributed by atoms with Crippen LogP contribution in [0.25, 0.3) is 28.5 Å². The van der Waals surface area contributed by atoms with Gasteiger partial charge < -0.3 is 75.3 Å². The first-order valence-electron chi connectivity index (χ1n) is 41.3.